The number of halogens is 1. The van der Waals surface area contributed by atoms with Crippen LogP contribution < -0.4 is 10.3 Å². The molecular formula is C23H24ClN3O3S. The van der Waals surface area contributed by atoms with E-state index in [1.807, 2.05) is 43.0 Å². The van der Waals surface area contributed by atoms with E-state index in [1.165, 1.54) is 23.4 Å². The van der Waals surface area contributed by atoms with Crippen LogP contribution in [0.5, 0.6) is 5.75 Å². The molecule has 0 radical (unpaired) electrons. The van der Waals surface area contributed by atoms with Crippen molar-refractivity contribution in [2.45, 2.75) is 37.1 Å². The summed E-state index contributed by atoms with van der Waals surface area (Å²) in [6, 6.07) is 10.7. The molecule has 0 aliphatic carbocycles. The van der Waals surface area contributed by atoms with Crippen LogP contribution in [-0.4, -0.2) is 45.8 Å². The van der Waals surface area contributed by atoms with E-state index in [1.54, 1.807) is 12.1 Å². The molecule has 1 aliphatic heterocycles. The van der Waals surface area contributed by atoms with Gasteiger partial charge in [0, 0.05) is 24.2 Å². The molecule has 1 amide bonds. The number of amides is 1. The number of fused-ring (bicyclic) bond motifs is 1. The van der Waals surface area contributed by atoms with Gasteiger partial charge < -0.3 is 9.64 Å². The molecule has 3 aromatic rings. The van der Waals surface area contributed by atoms with Gasteiger partial charge in [-0.15, -0.1) is 0 Å². The normalized spacial score (nSPS) is 14.8. The van der Waals surface area contributed by atoms with E-state index < -0.39 is 0 Å². The number of methoxy groups -OCH3 is 1. The highest BCUT2D eigenvalue weighted by atomic mass is 35.5. The summed E-state index contributed by atoms with van der Waals surface area (Å²) < 4.78 is 7.07. The molecule has 1 aliphatic rings. The second kappa shape index (κ2) is 8.93. The molecule has 4 rings (SSSR count). The fourth-order valence-electron chi connectivity index (χ4n) is 3.79. The van der Waals surface area contributed by atoms with Gasteiger partial charge in [-0.3, -0.25) is 14.2 Å². The summed E-state index contributed by atoms with van der Waals surface area (Å²) in [4.78, 5) is 33.1. The van der Waals surface area contributed by atoms with E-state index in [9.17, 15) is 9.59 Å². The Morgan fingerprint density at radius 3 is 2.65 bits per heavy atom. The summed E-state index contributed by atoms with van der Waals surface area (Å²) in [5, 5.41) is 1.12. The van der Waals surface area contributed by atoms with Gasteiger partial charge in [-0.05, 0) is 50.5 Å². The van der Waals surface area contributed by atoms with Crippen molar-refractivity contribution in [2.75, 3.05) is 20.2 Å². The van der Waals surface area contributed by atoms with Gasteiger partial charge in [-0.2, -0.15) is 0 Å². The van der Waals surface area contributed by atoms with Crippen molar-refractivity contribution >= 4 is 40.2 Å². The van der Waals surface area contributed by atoms with Gasteiger partial charge >= 0.3 is 0 Å². The summed E-state index contributed by atoms with van der Waals surface area (Å²) in [6.07, 6.45) is 2.06. The summed E-state index contributed by atoms with van der Waals surface area (Å²) in [6.45, 7) is 5.30. The number of aryl methyl sites for hydroxylation is 1. The molecule has 2 heterocycles. The minimum Gasteiger partial charge on any atom is -0.495 e. The number of aromatic nitrogens is 2. The van der Waals surface area contributed by atoms with Gasteiger partial charge in [0.1, 0.15) is 5.75 Å². The van der Waals surface area contributed by atoms with Crippen LogP contribution in [0.25, 0.3) is 16.6 Å². The van der Waals surface area contributed by atoms with Gasteiger partial charge in [0.05, 0.1) is 29.0 Å². The number of thioether (sulfide) groups is 1. The van der Waals surface area contributed by atoms with Crippen LogP contribution in [0.1, 0.15) is 25.3 Å². The lowest BCUT2D eigenvalue weighted by Crippen LogP contribution is -2.34. The minimum absolute atomic E-state index is 0.0655. The van der Waals surface area contributed by atoms with Crippen molar-refractivity contribution in [1.29, 1.82) is 0 Å². The number of nitrogens with zero attached hydrogens (tertiary/aromatic N) is 3. The van der Waals surface area contributed by atoms with Crippen LogP contribution in [0.4, 0.5) is 0 Å². The average Bonchev–Trinajstić information content (AvgIpc) is 3.30. The van der Waals surface area contributed by atoms with E-state index in [0.717, 1.165) is 31.5 Å². The summed E-state index contributed by atoms with van der Waals surface area (Å²) in [7, 11) is 1.54. The lowest BCUT2D eigenvalue weighted by Gasteiger charge is -2.22. The molecule has 162 valence electrons. The van der Waals surface area contributed by atoms with E-state index >= 15 is 0 Å². The first-order valence-electron chi connectivity index (χ1n) is 10.2. The third-order valence-electron chi connectivity index (χ3n) is 5.49. The zero-order valence-electron chi connectivity index (χ0n) is 17.7. The summed E-state index contributed by atoms with van der Waals surface area (Å²) in [5.41, 5.74) is 1.75. The SMILES string of the molecule is COc1cc(Cl)c(C)cc1-n1c(SC(C)C(=O)N2CCCC2)nc2ccccc2c1=O. The van der Waals surface area contributed by atoms with Crippen LogP contribution in [0.2, 0.25) is 5.02 Å². The molecule has 31 heavy (non-hydrogen) atoms. The quantitative estimate of drug-likeness (QED) is 0.418. The van der Waals surface area contributed by atoms with Crippen LogP contribution in [0, 0.1) is 6.92 Å². The van der Waals surface area contributed by atoms with Gasteiger partial charge in [-0.25, -0.2) is 4.98 Å². The van der Waals surface area contributed by atoms with Crippen molar-refractivity contribution in [3.8, 4) is 11.4 Å². The van der Waals surface area contributed by atoms with Gasteiger partial charge in [0.2, 0.25) is 5.91 Å². The second-order valence-corrected chi connectivity index (χ2v) is 9.33. The minimum atomic E-state index is -0.378. The number of para-hydroxylation sites is 1. The standard InChI is InChI=1S/C23H24ClN3O3S/c1-14-12-19(20(30-3)13-17(14)24)27-22(29)16-8-4-5-9-18(16)25-23(27)31-15(2)21(28)26-10-6-7-11-26/h4-5,8-9,12-13,15H,6-7,10-11H2,1-3H3. The van der Waals surface area contributed by atoms with Crippen LogP contribution in [-0.2, 0) is 4.79 Å². The first kappa shape index (κ1) is 21.7. The Morgan fingerprint density at radius 1 is 1.23 bits per heavy atom. The lowest BCUT2D eigenvalue weighted by atomic mass is 10.2. The van der Waals surface area contributed by atoms with Gasteiger partial charge in [-0.1, -0.05) is 35.5 Å². The Labute approximate surface area is 190 Å². The Balaban J connectivity index is 1.88. The summed E-state index contributed by atoms with van der Waals surface area (Å²) in [5.74, 6) is 0.533. The Hall–Kier alpha value is -2.51. The Bertz CT molecular complexity index is 1200. The second-order valence-electron chi connectivity index (χ2n) is 7.62. The molecule has 1 saturated heterocycles. The molecule has 8 heteroatoms. The molecule has 1 fully saturated rings. The Kier molecular flexibility index (Phi) is 6.25. The van der Waals surface area contributed by atoms with Crippen molar-refractivity contribution < 1.29 is 9.53 Å². The fraction of sp³-hybridized carbons (Fsp3) is 0.348. The van der Waals surface area contributed by atoms with Crippen molar-refractivity contribution in [3.05, 3.63) is 57.3 Å². The van der Waals surface area contributed by atoms with Crippen LogP contribution >= 0.6 is 23.4 Å². The summed E-state index contributed by atoms with van der Waals surface area (Å²) >= 11 is 7.58. The fourth-order valence-corrected chi connectivity index (χ4v) is 4.95. The molecule has 1 unspecified atom stereocenters. The lowest BCUT2D eigenvalue weighted by molar-refractivity contribution is -0.129. The maximum absolute atomic E-state index is 13.5. The molecule has 0 N–H and O–H groups in total. The monoisotopic (exact) mass is 457 g/mol. The molecule has 0 spiro atoms. The van der Waals surface area contributed by atoms with Crippen LogP contribution in [0.3, 0.4) is 0 Å². The predicted molar refractivity (Wildman–Crippen MR) is 125 cm³/mol. The molecule has 0 bridgehead atoms. The van der Waals surface area contributed by atoms with Crippen molar-refractivity contribution in [3.63, 3.8) is 0 Å². The van der Waals surface area contributed by atoms with Gasteiger partial charge in [0.25, 0.3) is 5.56 Å². The number of carbonyl (C=O) groups excluding carboxylic acids is 1. The predicted octanol–water partition coefficient (Wildman–Crippen LogP) is 4.46. The molecule has 6 nitrogen and oxygen atoms in total. The van der Waals surface area contributed by atoms with E-state index in [-0.39, 0.29) is 16.7 Å². The average molecular weight is 458 g/mol. The smallest absolute Gasteiger partial charge is 0.266 e. The zero-order chi connectivity index (χ0) is 22.1. The maximum atomic E-state index is 13.5. The van der Waals surface area contributed by atoms with E-state index in [2.05, 4.69) is 0 Å². The number of rotatable bonds is 5. The third kappa shape index (κ3) is 4.16. The largest absolute Gasteiger partial charge is 0.495 e. The molecule has 1 aromatic heterocycles. The highest BCUT2D eigenvalue weighted by Gasteiger charge is 2.27. The Morgan fingerprint density at radius 2 is 1.94 bits per heavy atom. The first-order chi connectivity index (χ1) is 14.9. The first-order valence-corrected chi connectivity index (χ1v) is 11.5. The maximum Gasteiger partial charge on any atom is 0.266 e. The van der Waals surface area contributed by atoms with Crippen molar-refractivity contribution in [2.24, 2.45) is 0 Å². The number of benzene rings is 2. The van der Waals surface area contributed by atoms with Gasteiger partial charge in [0.15, 0.2) is 5.16 Å². The topological polar surface area (TPSA) is 64.4 Å². The number of ether oxygens (including phenoxy) is 1. The number of carbonyl (C=O) groups is 1. The molecule has 2 aromatic carbocycles. The van der Waals surface area contributed by atoms with Crippen molar-refractivity contribution in [1.82, 2.24) is 14.5 Å². The van der Waals surface area contributed by atoms with E-state index in [0.29, 0.717) is 32.5 Å². The number of likely N-dealkylation sites (tertiary alicyclic amines) is 1. The van der Waals surface area contributed by atoms with E-state index in [4.69, 9.17) is 21.3 Å². The number of hydrogen-bond acceptors (Lipinski definition) is 5. The highest BCUT2D eigenvalue weighted by molar-refractivity contribution is 8.00. The van der Waals surface area contributed by atoms with Crippen LogP contribution in [0.15, 0.2) is 46.3 Å². The highest BCUT2D eigenvalue weighted by Crippen LogP contribution is 2.33. The molecule has 1 atom stereocenters. The molecular weight excluding hydrogens is 434 g/mol. The number of hydrogen-bond donors (Lipinski definition) is 0. The molecule has 0 saturated carbocycles. The zero-order valence-corrected chi connectivity index (χ0v) is 19.3. The third-order valence-corrected chi connectivity index (χ3v) is 6.94.